The van der Waals surface area contributed by atoms with Crippen LogP contribution in [0.2, 0.25) is 0 Å². The number of anilines is 4. The van der Waals surface area contributed by atoms with Gasteiger partial charge in [0.15, 0.2) is 0 Å². The Morgan fingerprint density at radius 3 is 1.31 bits per heavy atom. The van der Waals surface area contributed by atoms with Crippen LogP contribution in [0.15, 0.2) is 171 Å². The number of rotatable bonds is 11. The van der Waals surface area contributed by atoms with E-state index in [1.165, 1.54) is 54.6 Å². The van der Waals surface area contributed by atoms with Gasteiger partial charge in [-0.2, -0.15) is 0 Å². The van der Waals surface area contributed by atoms with Crippen LogP contribution in [0.5, 0.6) is 0 Å². The van der Waals surface area contributed by atoms with Crippen molar-refractivity contribution in [3.63, 3.8) is 0 Å². The minimum atomic E-state index is -4.63. The van der Waals surface area contributed by atoms with Crippen molar-refractivity contribution in [3.8, 4) is 0 Å². The molecule has 0 saturated carbocycles. The van der Waals surface area contributed by atoms with Gasteiger partial charge in [-0.05, 0) is 113 Å². The molecule has 0 bridgehead atoms. The summed E-state index contributed by atoms with van der Waals surface area (Å²) in [6, 6.07) is 31.6. The number of hydrogen-bond acceptors (Lipinski definition) is 12. The van der Waals surface area contributed by atoms with Crippen LogP contribution in [0, 0.1) is 0 Å². The van der Waals surface area contributed by atoms with Gasteiger partial charge in [0.25, 0.3) is 0 Å². The minimum Gasteiger partial charge on any atom is -0.744 e. The first-order valence-electron chi connectivity index (χ1n) is 15.7. The Balaban J connectivity index is 0.00000336. The van der Waals surface area contributed by atoms with Crippen LogP contribution in [-0.4, -0.2) is 44.6 Å². The van der Waals surface area contributed by atoms with Gasteiger partial charge in [0.2, 0.25) is 0 Å². The van der Waals surface area contributed by atoms with E-state index in [9.17, 15) is 38.9 Å². The Bertz CT molecular complexity index is 2520. The van der Waals surface area contributed by atoms with Crippen LogP contribution < -0.4 is 69.7 Å². The second-order valence-electron chi connectivity index (χ2n) is 11.7. The smallest absolute Gasteiger partial charge is 0.744 e. The van der Waals surface area contributed by atoms with Crippen LogP contribution in [0.3, 0.4) is 0 Å². The molecule has 1 aliphatic carbocycles. The predicted octanol–water partition coefficient (Wildman–Crippen LogP) is 0.463. The molecule has 270 valence electrons. The first kappa shape index (κ1) is 44.0. The summed E-state index contributed by atoms with van der Waals surface area (Å²) in [5, 5.41) is 6.22. The van der Waals surface area contributed by atoms with E-state index < -0.39 is 30.4 Å². The molecular formula is C38H28N3Na2O9S3-. The number of benzene rings is 5. The molecule has 1 aliphatic rings. The van der Waals surface area contributed by atoms with Gasteiger partial charge < -0.3 is 24.3 Å². The normalized spacial score (nSPS) is 12.6. The quantitative estimate of drug-likeness (QED) is 0.138. The van der Waals surface area contributed by atoms with Crippen molar-refractivity contribution in [2.45, 2.75) is 21.2 Å². The molecule has 2 N–H and O–H groups in total. The third kappa shape index (κ3) is 11.9. The fourth-order valence-corrected chi connectivity index (χ4v) is 7.02. The molecule has 0 spiro atoms. The second-order valence-corrected chi connectivity index (χ2v) is 15.8. The first-order valence-corrected chi connectivity index (χ1v) is 19.9. The zero-order valence-corrected chi connectivity index (χ0v) is 35.9. The Morgan fingerprint density at radius 1 is 0.491 bits per heavy atom. The van der Waals surface area contributed by atoms with E-state index in [-0.39, 0.29) is 80.3 Å². The predicted molar refractivity (Wildman–Crippen MR) is 198 cm³/mol. The molecule has 0 atom stereocenters. The number of allylic oxidation sites excluding steroid dienone is 5. The van der Waals surface area contributed by atoms with E-state index in [2.05, 4.69) is 15.6 Å². The van der Waals surface area contributed by atoms with Crippen LogP contribution in [-0.2, 0) is 36.9 Å². The Morgan fingerprint density at radius 2 is 0.891 bits per heavy atom. The van der Waals surface area contributed by atoms with Crippen molar-refractivity contribution in [2.24, 2.45) is 4.99 Å². The molecule has 17 heteroatoms. The van der Waals surface area contributed by atoms with E-state index >= 15 is 0 Å². The van der Waals surface area contributed by atoms with Gasteiger partial charge in [-0.25, -0.2) is 25.3 Å². The van der Waals surface area contributed by atoms with Crippen molar-refractivity contribution in [2.75, 3.05) is 10.6 Å². The van der Waals surface area contributed by atoms with E-state index in [0.29, 0.717) is 34.0 Å². The molecule has 0 saturated heterocycles. The molecule has 0 heterocycles. The average molecular weight is 813 g/mol. The molecule has 0 aliphatic heterocycles. The molecule has 0 fully saturated rings. The fourth-order valence-electron chi connectivity index (χ4n) is 5.45. The zero-order valence-electron chi connectivity index (χ0n) is 29.4. The van der Waals surface area contributed by atoms with Gasteiger partial charge in [-0.1, -0.05) is 60.7 Å². The summed E-state index contributed by atoms with van der Waals surface area (Å²) in [4.78, 5) is 3.53. The molecule has 0 amide bonds. The Hall–Kier alpha value is -3.68. The Labute approximate surface area is 363 Å². The standard InChI is InChI=1S/C38H31N3O9S3.2Na/c42-51(43,44)35-7-1-4-26(22-35)25-39-30-16-10-27(11-17-30)38(28-12-18-31(19-13-28)40-33-5-2-8-36(23-33)52(45,46)47)29-14-20-32(21-15-29)41-34-6-3-9-37(24-34)53(48,49)50;;/h1-24,40-41H,25H2,(H,42,43,44)(H,45,46,47)(H,48,49,50);;/q;2*+1/p-3. The van der Waals surface area contributed by atoms with E-state index in [4.69, 9.17) is 0 Å². The second kappa shape index (κ2) is 18.5. The largest absolute Gasteiger partial charge is 1.00 e. The van der Waals surface area contributed by atoms with Crippen molar-refractivity contribution in [3.05, 3.63) is 168 Å². The van der Waals surface area contributed by atoms with Crippen molar-refractivity contribution in [1.29, 1.82) is 0 Å². The number of nitrogens with one attached hydrogen (secondary N) is 2. The molecule has 0 radical (unpaired) electrons. The monoisotopic (exact) mass is 812 g/mol. The maximum absolute atomic E-state index is 11.5. The molecule has 0 aromatic heterocycles. The topological polar surface area (TPSA) is 208 Å². The summed E-state index contributed by atoms with van der Waals surface area (Å²) in [7, 11) is -13.9. The van der Waals surface area contributed by atoms with Gasteiger partial charge in [-0.15, -0.1) is 0 Å². The maximum atomic E-state index is 11.5. The zero-order chi connectivity index (χ0) is 37.8. The van der Waals surface area contributed by atoms with Gasteiger partial charge in [0.1, 0.15) is 30.4 Å². The number of nitrogens with zero attached hydrogens (tertiary/aromatic N) is 1. The summed E-state index contributed by atoms with van der Waals surface area (Å²) in [6.45, 7) is 0.148. The van der Waals surface area contributed by atoms with Crippen LogP contribution >= 0.6 is 0 Å². The summed E-state index contributed by atoms with van der Waals surface area (Å²) < 4.78 is 103. The van der Waals surface area contributed by atoms with Crippen molar-refractivity contribution < 1.29 is 98.0 Å². The first-order chi connectivity index (χ1) is 25.1. The maximum Gasteiger partial charge on any atom is 1.00 e. The van der Waals surface area contributed by atoms with E-state index in [1.54, 1.807) is 42.5 Å². The van der Waals surface area contributed by atoms with Gasteiger partial charge in [0, 0.05) is 22.7 Å². The molecule has 55 heavy (non-hydrogen) atoms. The van der Waals surface area contributed by atoms with Gasteiger partial charge in [0.05, 0.1) is 26.9 Å². The summed E-state index contributed by atoms with van der Waals surface area (Å²) in [5.74, 6) is 0. The average Bonchev–Trinajstić information content (AvgIpc) is 3.12. The van der Waals surface area contributed by atoms with Gasteiger partial charge in [-0.3, -0.25) is 4.99 Å². The third-order valence-electron chi connectivity index (χ3n) is 7.96. The summed E-state index contributed by atoms with van der Waals surface area (Å²) >= 11 is 0. The molecule has 5 aromatic rings. The van der Waals surface area contributed by atoms with Crippen molar-refractivity contribution >= 4 is 64.4 Å². The van der Waals surface area contributed by atoms with Crippen LogP contribution in [0.25, 0.3) is 5.57 Å². The van der Waals surface area contributed by atoms with Crippen LogP contribution in [0.1, 0.15) is 16.7 Å². The summed E-state index contributed by atoms with van der Waals surface area (Å²) in [5.41, 5.74) is 6.59. The number of aliphatic imine (C=N–C) groups is 1. The van der Waals surface area contributed by atoms with E-state index in [1.807, 2.05) is 48.6 Å². The van der Waals surface area contributed by atoms with Crippen LogP contribution in [0.4, 0.5) is 22.7 Å². The Kier molecular flexibility index (Phi) is 14.8. The molecule has 5 aromatic carbocycles. The third-order valence-corrected chi connectivity index (χ3v) is 10.5. The number of hydrogen-bond donors (Lipinski definition) is 2. The van der Waals surface area contributed by atoms with Crippen molar-refractivity contribution in [1.82, 2.24) is 0 Å². The minimum absolute atomic E-state index is 0. The van der Waals surface area contributed by atoms with E-state index in [0.717, 1.165) is 22.3 Å². The SMILES string of the molecule is O=S(=O)([O-])c1cccc(CN=C2C=CC(=C(c3ccc(Nc4cccc(S(=O)(=O)[O-])c4)cc3)c3ccc(Nc4cccc(S(=O)(=O)[O-])c4)cc3)C=C2)c1.[Na+].[Na+]. The molecule has 0 unspecified atom stereocenters. The fraction of sp³-hybridized carbons (Fsp3) is 0.0263. The molecule has 6 rings (SSSR count). The van der Waals surface area contributed by atoms with Gasteiger partial charge >= 0.3 is 59.1 Å². The molecular weight excluding hydrogens is 785 g/mol. The molecule has 12 nitrogen and oxygen atoms in total. The summed E-state index contributed by atoms with van der Waals surface area (Å²) in [6.07, 6.45) is 7.39.